The highest BCUT2D eigenvalue weighted by atomic mass is 15.5. The Balaban J connectivity index is 1.46. The highest BCUT2D eigenvalue weighted by Crippen LogP contribution is 2.14. The van der Waals surface area contributed by atoms with Crippen molar-refractivity contribution in [3.63, 3.8) is 0 Å². The number of benzene rings is 4. The molecule has 0 saturated carbocycles. The lowest BCUT2D eigenvalue weighted by molar-refractivity contribution is 0.749. The molecule has 4 aromatic carbocycles. The van der Waals surface area contributed by atoms with E-state index in [4.69, 9.17) is 20.4 Å². The molecule has 0 bridgehead atoms. The second-order valence-electron chi connectivity index (χ2n) is 8.59. The van der Waals surface area contributed by atoms with Gasteiger partial charge in [0.15, 0.2) is 0 Å². The number of para-hydroxylation sites is 4. The van der Waals surface area contributed by atoms with Gasteiger partial charge in [0, 0.05) is 0 Å². The predicted octanol–water partition coefficient (Wildman–Crippen LogP) is 5.18. The zero-order chi connectivity index (χ0) is 27.0. The lowest BCUT2D eigenvalue weighted by Gasteiger charge is -2.08. The van der Waals surface area contributed by atoms with Crippen molar-refractivity contribution in [1.82, 2.24) is 30.0 Å². The summed E-state index contributed by atoms with van der Waals surface area (Å²) < 4.78 is 0. The lowest BCUT2D eigenvalue weighted by Crippen LogP contribution is -2.22. The molecule has 0 radical (unpaired) electrons. The van der Waals surface area contributed by atoms with Crippen LogP contribution in [0.25, 0.3) is 11.4 Å². The minimum Gasteiger partial charge on any atom is -0.278 e. The second-order valence-corrected chi connectivity index (χ2v) is 8.59. The SMILES string of the molecule is c1ccc(N/N=C(/C(=N/Nc2ccccc2)c2cnn(-c3ccccc3)n2)c2cnn(-c3ccccc3)n2)cc1. The number of hydrazone groups is 2. The number of hydrogen-bond donors (Lipinski definition) is 2. The Morgan fingerprint density at radius 3 is 1.20 bits per heavy atom. The molecule has 2 aromatic heterocycles. The number of rotatable bonds is 9. The Hall–Kier alpha value is -5.90. The molecule has 0 aliphatic heterocycles. The number of nitrogens with one attached hydrogen (secondary N) is 2. The van der Waals surface area contributed by atoms with Crippen LogP contribution in [0.4, 0.5) is 11.4 Å². The standard InChI is InChI=1S/C30H24N10/c1-5-13-23(14-6-1)33-35-29(27-21-31-39(37-27)25-17-9-3-10-18-25)30(36-34-24-15-7-2-8-16-24)28-22-32-40(38-28)26-19-11-4-12-20-26/h1-22,33-34H/b35-29+,36-30+. The summed E-state index contributed by atoms with van der Waals surface area (Å²) >= 11 is 0. The number of hydrogen-bond acceptors (Lipinski definition) is 8. The molecule has 0 aliphatic carbocycles. The van der Waals surface area contributed by atoms with Gasteiger partial charge < -0.3 is 0 Å². The van der Waals surface area contributed by atoms with E-state index in [0.29, 0.717) is 22.8 Å². The van der Waals surface area contributed by atoms with Crippen LogP contribution in [0.3, 0.4) is 0 Å². The first-order valence-electron chi connectivity index (χ1n) is 12.6. The van der Waals surface area contributed by atoms with Crippen molar-refractivity contribution in [2.75, 3.05) is 10.9 Å². The van der Waals surface area contributed by atoms with E-state index >= 15 is 0 Å². The monoisotopic (exact) mass is 524 g/mol. The lowest BCUT2D eigenvalue weighted by atomic mass is 10.1. The maximum Gasteiger partial charge on any atom is 0.142 e. The van der Waals surface area contributed by atoms with Crippen LogP contribution >= 0.6 is 0 Å². The van der Waals surface area contributed by atoms with Crippen molar-refractivity contribution in [3.8, 4) is 11.4 Å². The summed E-state index contributed by atoms with van der Waals surface area (Å²) in [4.78, 5) is 3.10. The van der Waals surface area contributed by atoms with Gasteiger partial charge in [-0.2, -0.15) is 30.0 Å². The molecule has 10 heteroatoms. The van der Waals surface area contributed by atoms with Crippen LogP contribution in [0.15, 0.2) is 144 Å². The fraction of sp³-hybridized carbons (Fsp3) is 0. The minimum atomic E-state index is 0.426. The van der Waals surface area contributed by atoms with Gasteiger partial charge in [0.05, 0.1) is 35.1 Å². The topological polar surface area (TPSA) is 110 Å². The van der Waals surface area contributed by atoms with E-state index in [9.17, 15) is 0 Å². The van der Waals surface area contributed by atoms with Crippen LogP contribution in [0.2, 0.25) is 0 Å². The molecule has 194 valence electrons. The molecule has 0 amide bonds. The highest BCUT2D eigenvalue weighted by molar-refractivity contribution is 6.52. The fourth-order valence-corrected chi connectivity index (χ4v) is 3.84. The Morgan fingerprint density at radius 2 is 0.825 bits per heavy atom. The molecule has 10 nitrogen and oxygen atoms in total. The summed E-state index contributed by atoms with van der Waals surface area (Å²) in [5, 5.41) is 27.9. The van der Waals surface area contributed by atoms with Crippen molar-refractivity contribution in [3.05, 3.63) is 145 Å². The number of anilines is 2. The molecule has 40 heavy (non-hydrogen) atoms. The Bertz CT molecular complexity index is 1590. The van der Waals surface area contributed by atoms with Crippen molar-refractivity contribution in [1.29, 1.82) is 0 Å². The van der Waals surface area contributed by atoms with E-state index in [2.05, 4.69) is 21.0 Å². The molecule has 0 spiro atoms. The van der Waals surface area contributed by atoms with Crippen molar-refractivity contribution in [2.45, 2.75) is 0 Å². The van der Waals surface area contributed by atoms with Crippen molar-refractivity contribution in [2.24, 2.45) is 10.2 Å². The fourth-order valence-electron chi connectivity index (χ4n) is 3.84. The van der Waals surface area contributed by atoms with Gasteiger partial charge in [-0.1, -0.05) is 72.8 Å². The molecule has 0 atom stereocenters. The Morgan fingerprint density at radius 1 is 0.475 bits per heavy atom. The van der Waals surface area contributed by atoms with Crippen LogP contribution in [0.5, 0.6) is 0 Å². The van der Waals surface area contributed by atoms with Gasteiger partial charge in [-0.25, -0.2) is 0 Å². The molecule has 2 heterocycles. The zero-order valence-electron chi connectivity index (χ0n) is 21.3. The molecule has 0 aliphatic rings. The Labute approximate surface area is 230 Å². The average molecular weight is 525 g/mol. The molecule has 2 N–H and O–H groups in total. The van der Waals surface area contributed by atoms with Crippen molar-refractivity contribution >= 4 is 22.8 Å². The highest BCUT2D eigenvalue weighted by Gasteiger charge is 2.22. The average Bonchev–Trinajstić information content (AvgIpc) is 3.72. The van der Waals surface area contributed by atoms with E-state index in [1.807, 2.05) is 121 Å². The Kier molecular flexibility index (Phi) is 7.12. The summed E-state index contributed by atoms with van der Waals surface area (Å²) in [5.41, 5.74) is 11.3. The summed E-state index contributed by atoms with van der Waals surface area (Å²) in [7, 11) is 0. The van der Waals surface area contributed by atoms with Crippen LogP contribution < -0.4 is 10.9 Å². The van der Waals surface area contributed by atoms with Gasteiger partial charge >= 0.3 is 0 Å². The first-order chi connectivity index (χ1) is 19.8. The summed E-state index contributed by atoms with van der Waals surface area (Å²) in [6.07, 6.45) is 3.30. The summed E-state index contributed by atoms with van der Waals surface area (Å²) in [6, 6.07) is 38.7. The summed E-state index contributed by atoms with van der Waals surface area (Å²) in [6.45, 7) is 0. The molecule has 0 fully saturated rings. The van der Waals surface area contributed by atoms with E-state index in [1.165, 1.54) is 0 Å². The third-order valence-corrected chi connectivity index (χ3v) is 5.81. The van der Waals surface area contributed by atoms with Gasteiger partial charge in [0.1, 0.15) is 22.8 Å². The predicted molar refractivity (Wildman–Crippen MR) is 156 cm³/mol. The maximum atomic E-state index is 4.75. The molecular weight excluding hydrogens is 500 g/mol. The van der Waals surface area contributed by atoms with Crippen LogP contribution in [-0.4, -0.2) is 41.4 Å². The van der Waals surface area contributed by atoms with E-state index in [0.717, 1.165) is 22.7 Å². The van der Waals surface area contributed by atoms with E-state index in [-0.39, 0.29) is 0 Å². The number of aromatic nitrogens is 6. The number of nitrogens with zero attached hydrogens (tertiary/aromatic N) is 8. The zero-order valence-corrected chi connectivity index (χ0v) is 21.3. The molecule has 0 saturated heterocycles. The van der Waals surface area contributed by atoms with Crippen molar-refractivity contribution < 1.29 is 0 Å². The first kappa shape index (κ1) is 24.4. The van der Waals surface area contributed by atoms with Crippen LogP contribution in [-0.2, 0) is 0 Å². The normalized spacial score (nSPS) is 11.8. The van der Waals surface area contributed by atoms with Crippen LogP contribution in [0, 0.1) is 0 Å². The van der Waals surface area contributed by atoms with Crippen LogP contribution in [0.1, 0.15) is 11.4 Å². The van der Waals surface area contributed by atoms with Gasteiger partial charge in [0.25, 0.3) is 0 Å². The molecule has 6 rings (SSSR count). The molecular formula is C30H24N10. The van der Waals surface area contributed by atoms with E-state index < -0.39 is 0 Å². The third-order valence-electron chi connectivity index (χ3n) is 5.81. The van der Waals surface area contributed by atoms with Gasteiger partial charge in [-0.05, 0) is 48.5 Å². The minimum absolute atomic E-state index is 0.426. The second kappa shape index (κ2) is 11.7. The van der Waals surface area contributed by atoms with Gasteiger partial charge in [0.2, 0.25) is 0 Å². The quantitative estimate of drug-likeness (QED) is 0.199. The maximum absolute atomic E-state index is 4.75. The van der Waals surface area contributed by atoms with Gasteiger partial charge in [-0.15, -0.1) is 10.2 Å². The molecule has 6 aromatic rings. The van der Waals surface area contributed by atoms with E-state index in [1.54, 1.807) is 22.0 Å². The first-order valence-corrected chi connectivity index (χ1v) is 12.6. The summed E-state index contributed by atoms with van der Waals surface area (Å²) in [5.74, 6) is 0. The molecule has 0 unspecified atom stereocenters. The smallest absolute Gasteiger partial charge is 0.142 e. The van der Waals surface area contributed by atoms with Gasteiger partial charge in [-0.3, -0.25) is 10.9 Å². The largest absolute Gasteiger partial charge is 0.278 e. The third kappa shape index (κ3) is 5.65.